The molecule has 3 rings (SSSR count). The Hall–Kier alpha value is -2.34. The standard InChI is InChI=1S/C21H26N2O3S/c24-20(10-4-15-26-18-7-2-1-3-8-18)22-11-6-12-23(14-13-22)21(25)17-19-9-5-16-27-19/h1-3,5,7-9,16H,4,6,10-15,17H2. The molecule has 0 spiro atoms. The van der Waals surface area contributed by atoms with Gasteiger partial charge in [-0.1, -0.05) is 24.3 Å². The second-order valence-electron chi connectivity index (χ2n) is 6.64. The van der Waals surface area contributed by atoms with Crippen molar-refractivity contribution in [1.29, 1.82) is 0 Å². The summed E-state index contributed by atoms with van der Waals surface area (Å²) in [5.74, 6) is 1.14. The first-order valence-electron chi connectivity index (χ1n) is 9.48. The highest BCUT2D eigenvalue weighted by Gasteiger charge is 2.22. The molecule has 1 aromatic heterocycles. The number of para-hydroxylation sites is 1. The smallest absolute Gasteiger partial charge is 0.227 e. The highest BCUT2D eigenvalue weighted by atomic mass is 32.1. The molecule has 1 fully saturated rings. The zero-order valence-corrected chi connectivity index (χ0v) is 16.3. The highest BCUT2D eigenvalue weighted by molar-refractivity contribution is 7.10. The molecule has 0 radical (unpaired) electrons. The van der Waals surface area contributed by atoms with Crippen molar-refractivity contribution in [3.8, 4) is 5.75 Å². The van der Waals surface area contributed by atoms with Crippen molar-refractivity contribution >= 4 is 23.2 Å². The molecule has 5 nitrogen and oxygen atoms in total. The van der Waals surface area contributed by atoms with Crippen LogP contribution in [0.5, 0.6) is 5.75 Å². The van der Waals surface area contributed by atoms with Crippen molar-refractivity contribution in [1.82, 2.24) is 9.80 Å². The Kier molecular flexibility index (Phi) is 7.27. The molecular formula is C21H26N2O3S. The van der Waals surface area contributed by atoms with E-state index in [2.05, 4.69) is 0 Å². The minimum absolute atomic E-state index is 0.152. The van der Waals surface area contributed by atoms with Crippen LogP contribution in [0.25, 0.3) is 0 Å². The van der Waals surface area contributed by atoms with Gasteiger partial charge in [0.2, 0.25) is 11.8 Å². The van der Waals surface area contributed by atoms with Gasteiger partial charge in [0.15, 0.2) is 0 Å². The Morgan fingerprint density at radius 2 is 1.67 bits per heavy atom. The second-order valence-corrected chi connectivity index (χ2v) is 7.67. The van der Waals surface area contributed by atoms with Gasteiger partial charge in [-0.25, -0.2) is 0 Å². The lowest BCUT2D eigenvalue weighted by Crippen LogP contribution is -2.37. The summed E-state index contributed by atoms with van der Waals surface area (Å²) in [5.41, 5.74) is 0. The van der Waals surface area contributed by atoms with E-state index in [0.29, 0.717) is 39.0 Å². The minimum atomic E-state index is 0.152. The van der Waals surface area contributed by atoms with Crippen LogP contribution in [0, 0.1) is 0 Å². The third-order valence-electron chi connectivity index (χ3n) is 4.65. The van der Waals surface area contributed by atoms with Crippen molar-refractivity contribution < 1.29 is 14.3 Å². The SMILES string of the molecule is O=C(CCCOc1ccccc1)N1CCCN(C(=O)Cc2cccs2)CC1. The molecule has 1 saturated heterocycles. The van der Waals surface area contributed by atoms with Crippen molar-refractivity contribution in [3.05, 3.63) is 52.7 Å². The minimum Gasteiger partial charge on any atom is -0.494 e. The number of hydrogen-bond donors (Lipinski definition) is 0. The fourth-order valence-electron chi connectivity index (χ4n) is 3.18. The molecule has 2 amide bonds. The Bertz CT molecular complexity index is 718. The van der Waals surface area contributed by atoms with Gasteiger partial charge in [0, 0.05) is 37.5 Å². The molecule has 0 unspecified atom stereocenters. The van der Waals surface area contributed by atoms with Gasteiger partial charge in [-0.3, -0.25) is 9.59 Å². The maximum absolute atomic E-state index is 12.5. The zero-order chi connectivity index (χ0) is 18.9. The van der Waals surface area contributed by atoms with Gasteiger partial charge < -0.3 is 14.5 Å². The average molecular weight is 387 g/mol. The fourth-order valence-corrected chi connectivity index (χ4v) is 3.87. The molecule has 0 bridgehead atoms. The number of rotatable bonds is 7. The summed E-state index contributed by atoms with van der Waals surface area (Å²) in [6.07, 6.45) is 2.48. The maximum Gasteiger partial charge on any atom is 0.227 e. The largest absolute Gasteiger partial charge is 0.494 e. The summed E-state index contributed by atoms with van der Waals surface area (Å²) in [6.45, 7) is 3.23. The third kappa shape index (κ3) is 6.10. The van der Waals surface area contributed by atoms with Crippen LogP contribution in [0.2, 0.25) is 0 Å². The van der Waals surface area contributed by atoms with Crippen LogP contribution in [0.1, 0.15) is 24.1 Å². The van der Waals surface area contributed by atoms with Crippen LogP contribution in [0.15, 0.2) is 47.8 Å². The lowest BCUT2D eigenvalue weighted by atomic mass is 10.2. The van der Waals surface area contributed by atoms with Crippen LogP contribution in [-0.2, 0) is 16.0 Å². The predicted octanol–water partition coefficient (Wildman–Crippen LogP) is 3.21. The Balaban J connectivity index is 1.38. The van der Waals surface area contributed by atoms with Gasteiger partial charge in [0.1, 0.15) is 5.75 Å². The first-order chi connectivity index (χ1) is 13.2. The number of amides is 2. The molecule has 2 aromatic rings. The Labute approximate surface area is 164 Å². The monoisotopic (exact) mass is 386 g/mol. The van der Waals surface area contributed by atoms with Crippen molar-refractivity contribution in [2.24, 2.45) is 0 Å². The van der Waals surface area contributed by atoms with Gasteiger partial charge in [-0.2, -0.15) is 0 Å². The van der Waals surface area contributed by atoms with Gasteiger partial charge >= 0.3 is 0 Å². The van der Waals surface area contributed by atoms with Crippen LogP contribution < -0.4 is 4.74 Å². The lowest BCUT2D eigenvalue weighted by Gasteiger charge is -2.22. The lowest BCUT2D eigenvalue weighted by molar-refractivity contribution is -0.133. The zero-order valence-electron chi connectivity index (χ0n) is 15.5. The molecule has 0 atom stereocenters. The molecule has 1 aliphatic rings. The maximum atomic E-state index is 12.5. The van der Waals surface area contributed by atoms with Crippen molar-refractivity contribution in [3.63, 3.8) is 0 Å². The second kappa shape index (κ2) is 10.1. The summed E-state index contributed by atoms with van der Waals surface area (Å²) in [7, 11) is 0. The topological polar surface area (TPSA) is 49.9 Å². The van der Waals surface area contributed by atoms with Crippen LogP contribution >= 0.6 is 11.3 Å². The van der Waals surface area contributed by atoms with E-state index in [0.717, 1.165) is 30.1 Å². The van der Waals surface area contributed by atoms with Gasteiger partial charge in [0.05, 0.1) is 13.0 Å². The van der Waals surface area contributed by atoms with E-state index < -0.39 is 0 Å². The predicted molar refractivity (Wildman–Crippen MR) is 107 cm³/mol. The Morgan fingerprint density at radius 3 is 2.37 bits per heavy atom. The Morgan fingerprint density at radius 1 is 0.926 bits per heavy atom. The van der Waals surface area contributed by atoms with Crippen LogP contribution in [0.4, 0.5) is 0 Å². The number of benzene rings is 1. The number of carbonyl (C=O) groups excluding carboxylic acids is 2. The highest BCUT2D eigenvalue weighted by Crippen LogP contribution is 2.13. The molecule has 1 aromatic carbocycles. The number of nitrogens with zero attached hydrogens (tertiary/aromatic N) is 2. The number of carbonyl (C=O) groups is 2. The summed E-state index contributed by atoms with van der Waals surface area (Å²) in [6, 6.07) is 13.6. The van der Waals surface area contributed by atoms with Crippen LogP contribution in [0.3, 0.4) is 0 Å². The first-order valence-corrected chi connectivity index (χ1v) is 10.4. The fraction of sp³-hybridized carbons (Fsp3) is 0.429. The molecule has 0 aliphatic carbocycles. The van der Waals surface area contributed by atoms with Gasteiger partial charge in [0.25, 0.3) is 0 Å². The molecule has 6 heteroatoms. The molecule has 0 saturated carbocycles. The summed E-state index contributed by atoms with van der Waals surface area (Å²) >= 11 is 1.61. The van der Waals surface area contributed by atoms with Crippen LogP contribution in [-0.4, -0.2) is 54.4 Å². The molecule has 2 heterocycles. The van der Waals surface area contributed by atoms with E-state index in [4.69, 9.17) is 4.74 Å². The van der Waals surface area contributed by atoms with Crippen molar-refractivity contribution in [2.45, 2.75) is 25.7 Å². The van der Waals surface area contributed by atoms with E-state index >= 15 is 0 Å². The molecule has 1 aliphatic heterocycles. The van der Waals surface area contributed by atoms with E-state index in [1.54, 1.807) is 11.3 Å². The average Bonchev–Trinajstić information content (AvgIpc) is 3.07. The quantitative estimate of drug-likeness (QED) is 0.687. The van der Waals surface area contributed by atoms with E-state index in [-0.39, 0.29) is 11.8 Å². The van der Waals surface area contributed by atoms with Gasteiger partial charge in [-0.05, 0) is 36.4 Å². The van der Waals surface area contributed by atoms with Gasteiger partial charge in [-0.15, -0.1) is 11.3 Å². The van der Waals surface area contributed by atoms with E-state index in [9.17, 15) is 9.59 Å². The third-order valence-corrected chi connectivity index (χ3v) is 5.53. The van der Waals surface area contributed by atoms with E-state index in [1.807, 2.05) is 57.6 Å². The normalized spacial score (nSPS) is 14.7. The molecule has 144 valence electrons. The summed E-state index contributed by atoms with van der Waals surface area (Å²) in [5, 5.41) is 1.99. The van der Waals surface area contributed by atoms with E-state index in [1.165, 1.54) is 0 Å². The molecule has 27 heavy (non-hydrogen) atoms. The summed E-state index contributed by atoms with van der Waals surface area (Å²) < 4.78 is 5.64. The number of hydrogen-bond acceptors (Lipinski definition) is 4. The molecular weight excluding hydrogens is 360 g/mol. The first kappa shape index (κ1) is 19.4. The number of thiophene rings is 1. The van der Waals surface area contributed by atoms with Crippen molar-refractivity contribution in [2.75, 3.05) is 32.8 Å². The summed E-state index contributed by atoms with van der Waals surface area (Å²) in [4.78, 5) is 29.8. The molecule has 0 N–H and O–H groups in total. The number of ether oxygens (including phenoxy) is 1.